The molecule has 10 heteroatoms. The fourth-order valence-electron chi connectivity index (χ4n) is 1.98. The van der Waals surface area contributed by atoms with Gasteiger partial charge in [-0.05, 0) is 11.6 Å². The molecule has 0 unspecified atom stereocenters. The molecule has 1 saturated heterocycles. The van der Waals surface area contributed by atoms with Crippen molar-refractivity contribution in [1.82, 2.24) is 34.6 Å². The molecule has 1 aliphatic rings. The molecule has 2 aromatic heterocycles. The van der Waals surface area contributed by atoms with Crippen molar-refractivity contribution in [3.63, 3.8) is 0 Å². The van der Waals surface area contributed by atoms with Crippen LogP contribution in [0.25, 0.3) is 5.95 Å². The third-order valence-corrected chi connectivity index (χ3v) is 4.15. The van der Waals surface area contributed by atoms with Gasteiger partial charge in [0, 0.05) is 37.7 Å². The average molecular weight is 327 g/mol. The second kappa shape index (κ2) is 7.01. The highest BCUT2D eigenvalue weighted by Crippen LogP contribution is 2.10. The van der Waals surface area contributed by atoms with E-state index >= 15 is 0 Å². The lowest BCUT2D eigenvalue weighted by Crippen LogP contribution is -2.36. The first-order chi connectivity index (χ1) is 10.3. The Hall–Kier alpha value is -1.45. The number of anilines is 1. The standard InChI is InChI=1S/C11H15ClN8S/c12-9-16-10(14-1-2-19-3-5-21-6-4-19)18-11(17-9)20-8-13-7-15-20/h7-8H,1-6H2,(H,14,16,17,18). The molecule has 3 rings (SSSR count). The lowest BCUT2D eigenvalue weighted by Gasteiger charge is -2.25. The van der Waals surface area contributed by atoms with Crippen molar-refractivity contribution in [3.8, 4) is 5.95 Å². The van der Waals surface area contributed by atoms with Gasteiger partial charge in [0.25, 0.3) is 5.95 Å². The zero-order chi connectivity index (χ0) is 14.5. The molecule has 0 bridgehead atoms. The molecule has 0 aliphatic carbocycles. The van der Waals surface area contributed by atoms with Crippen LogP contribution in [-0.2, 0) is 0 Å². The van der Waals surface area contributed by atoms with Gasteiger partial charge in [0.2, 0.25) is 11.2 Å². The summed E-state index contributed by atoms with van der Waals surface area (Å²) in [5.41, 5.74) is 0. The average Bonchev–Trinajstić information content (AvgIpc) is 3.02. The number of thioether (sulfide) groups is 1. The van der Waals surface area contributed by atoms with Crippen molar-refractivity contribution in [2.24, 2.45) is 0 Å². The van der Waals surface area contributed by atoms with Crippen LogP contribution >= 0.6 is 23.4 Å². The third kappa shape index (κ3) is 4.02. The fraction of sp³-hybridized carbons (Fsp3) is 0.545. The van der Waals surface area contributed by atoms with Gasteiger partial charge in [0.05, 0.1) is 0 Å². The van der Waals surface area contributed by atoms with E-state index < -0.39 is 0 Å². The van der Waals surface area contributed by atoms with Crippen LogP contribution in [0.2, 0.25) is 5.28 Å². The van der Waals surface area contributed by atoms with Gasteiger partial charge in [-0.15, -0.1) is 0 Å². The Bertz CT molecular complexity index is 572. The minimum atomic E-state index is 0.132. The predicted octanol–water partition coefficient (Wildman–Crippen LogP) is 0.566. The van der Waals surface area contributed by atoms with E-state index in [9.17, 15) is 0 Å². The summed E-state index contributed by atoms with van der Waals surface area (Å²) in [5, 5.41) is 7.29. The molecule has 0 saturated carbocycles. The molecule has 21 heavy (non-hydrogen) atoms. The summed E-state index contributed by atoms with van der Waals surface area (Å²) in [6, 6.07) is 0. The smallest absolute Gasteiger partial charge is 0.258 e. The Morgan fingerprint density at radius 1 is 1.24 bits per heavy atom. The number of hydrogen-bond donors (Lipinski definition) is 1. The molecule has 0 atom stereocenters. The van der Waals surface area contributed by atoms with Crippen LogP contribution in [0.15, 0.2) is 12.7 Å². The van der Waals surface area contributed by atoms with Gasteiger partial charge in [0.15, 0.2) is 0 Å². The molecule has 1 N–H and O–H groups in total. The molecule has 0 aromatic carbocycles. The quantitative estimate of drug-likeness (QED) is 0.853. The number of hydrogen-bond acceptors (Lipinski definition) is 8. The molecule has 112 valence electrons. The predicted molar refractivity (Wildman–Crippen MR) is 82.0 cm³/mol. The molecular weight excluding hydrogens is 312 g/mol. The van der Waals surface area contributed by atoms with Crippen molar-refractivity contribution in [2.45, 2.75) is 0 Å². The molecule has 1 aliphatic heterocycles. The molecule has 0 spiro atoms. The Balaban J connectivity index is 1.60. The summed E-state index contributed by atoms with van der Waals surface area (Å²) in [5.74, 6) is 3.21. The molecule has 0 radical (unpaired) electrons. The van der Waals surface area contributed by atoms with Gasteiger partial charge in [-0.25, -0.2) is 4.98 Å². The van der Waals surface area contributed by atoms with Crippen LogP contribution in [-0.4, -0.2) is 72.3 Å². The monoisotopic (exact) mass is 326 g/mol. The fourth-order valence-corrected chi connectivity index (χ4v) is 3.12. The summed E-state index contributed by atoms with van der Waals surface area (Å²) in [4.78, 5) is 18.7. The van der Waals surface area contributed by atoms with Gasteiger partial charge in [0.1, 0.15) is 12.7 Å². The molecule has 1 fully saturated rings. The van der Waals surface area contributed by atoms with Crippen LogP contribution in [0, 0.1) is 0 Å². The van der Waals surface area contributed by atoms with Crippen molar-refractivity contribution in [3.05, 3.63) is 17.9 Å². The second-order valence-corrected chi connectivity index (χ2v) is 6.01. The highest BCUT2D eigenvalue weighted by molar-refractivity contribution is 7.99. The lowest BCUT2D eigenvalue weighted by atomic mass is 10.4. The van der Waals surface area contributed by atoms with Gasteiger partial charge >= 0.3 is 0 Å². The number of rotatable bonds is 5. The van der Waals surface area contributed by atoms with Crippen LogP contribution in [0.3, 0.4) is 0 Å². The Morgan fingerprint density at radius 3 is 2.86 bits per heavy atom. The van der Waals surface area contributed by atoms with E-state index in [1.54, 1.807) is 0 Å². The minimum Gasteiger partial charge on any atom is -0.353 e. The number of nitrogens with one attached hydrogen (secondary N) is 1. The van der Waals surface area contributed by atoms with E-state index in [2.05, 4.69) is 35.3 Å². The van der Waals surface area contributed by atoms with Crippen molar-refractivity contribution < 1.29 is 0 Å². The van der Waals surface area contributed by atoms with Gasteiger partial charge in [-0.3, -0.25) is 4.90 Å². The van der Waals surface area contributed by atoms with E-state index in [0.29, 0.717) is 11.9 Å². The van der Waals surface area contributed by atoms with E-state index in [1.807, 2.05) is 11.8 Å². The summed E-state index contributed by atoms with van der Waals surface area (Å²) in [6.07, 6.45) is 2.93. The van der Waals surface area contributed by atoms with Crippen molar-refractivity contribution in [2.75, 3.05) is 43.0 Å². The largest absolute Gasteiger partial charge is 0.353 e. The van der Waals surface area contributed by atoms with E-state index in [4.69, 9.17) is 11.6 Å². The SMILES string of the molecule is Clc1nc(NCCN2CCSCC2)nc(-n2cncn2)n1. The second-order valence-electron chi connectivity index (χ2n) is 4.45. The highest BCUT2D eigenvalue weighted by atomic mass is 35.5. The third-order valence-electron chi connectivity index (χ3n) is 3.03. The van der Waals surface area contributed by atoms with Crippen molar-refractivity contribution >= 4 is 29.3 Å². The summed E-state index contributed by atoms with van der Waals surface area (Å²) in [7, 11) is 0. The van der Waals surface area contributed by atoms with E-state index in [0.717, 1.165) is 26.2 Å². The number of halogens is 1. The Morgan fingerprint density at radius 2 is 2.10 bits per heavy atom. The van der Waals surface area contributed by atoms with Crippen molar-refractivity contribution in [1.29, 1.82) is 0 Å². The maximum absolute atomic E-state index is 5.92. The normalized spacial score (nSPS) is 16.0. The molecule has 8 nitrogen and oxygen atoms in total. The topological polar surface area (TPSA) is 84.7 Å². The first kappa shape index (κ1) is 14.5. The number of nitrogens with zero attached hydrogens (tertiary/aromatic N) is 7. The summed E-state index contributed by atoms with van der Waals surface area (Å²) >= 11 is 7.92. The van der Waals surface area contributed by atoms with Crippen LogP contribution in [0.4, 0.5) is 5.95 Å². The summed E-state index contributed by atoms with van der Waals surface area (Å²) in [6.45, 7) is 3.99. The van der Waals surface area contributed by atoms with Gasteiger partial charge < -0.3 is 5.32 Å². The molecule has 0 amide bonds. The highest BCUT2D eigenvalue weighted by Gasteiger charge is 2.11. The van der Waals surface area contributed by atoms with E-state index in [-0.39, 0.29) is 5.28 Å². The first-order valence-corrected chi connectivity index (χ1v) is 8.15. The molecule has 3 heterocycles. The zero-order valence-corrected chi connectivity index (χ0v) is 12.9. The van der Waals surface area contributed by atoms with Gasteiger partial charge in [-0.2, -0.15) is 36.5 Å². The zero-order valence-electron chi connectivity index (χ0n) is 11.3. The first-order valence-electron chi connectivity index (χ1n) is 6.62. The Kier molecular flexibility index (Phi) is 4.84. The van der Waals surface area contributed by atoms with Gasteiger partial charge in [-0.1, -0.05) is 0 Å². The van der Waals surface area contributed by atoms with E-state index in [1.165, 1.54) is 28.8 Å². The number of aromatic nitrogens is 6. The van der Waals surface area contributed by atoms with Crippen LogP contribution in [0.1, 0.15) is 0 Å². The maximum Gasteiger partial charge on any atom is 0.258 e. The molecule has 2 aromatic rings. The minimum absolute atomic E-state index is 0.132. The summed E-state index contributed by atoms with van der Waals surface area (Å²) < 4.78 is 1.45. The lowest BCUT2D eigenvalue weighted by molar-refractivity contribution is 0.314. The van der Waals surface area contributed by atoms with Crippen LogP contribution in [0.5, 0.6) is 0 Å². The maximum atomic E-state index is 5.92. The molecular formula is C11H15ClN8S. The Labute approximate surface area is 131 Å². The van der Waals surface area contributed by atoms with Crippen LogP contribution < -0.4 is 5.32 Å².